The molecule has 3 N–H and O–H groups in total. The normalized spacial score (nSPS) is 13.5. The number of amides is 1. The Kier molecular flexibility index (Phi) is 5.34. The van der Waals surface area contributed by atoms with Crippen molar-refractivity contribution in [3.05, 3.63) is 65.2 Å². The molecular formula is C19H25N2O+. The van der Waals surface area contributed by atoms with Crippen LogP contribution in [-0.4, -0.2) is 11.9 Å². The maximum Gasteiger partial charge on any atom is 0.282 e. The first kappa shape index (κ1) is 16.2. The molecule has 0 aliphatic rings. The van der Waals surface area contributed by atoms with E-state index in [9.17, 15) is 4.79 Å². The second-order valence-corrected chi connectivity index (χ2v) is 5.94. The molecule has 0 saturated heterocycles. The third kappa shape index (κ3) is 3.95. The highest BCUT2D eigenvalue weighted by molar-refractivity contribution is 5.94. The number of para-hydroxylation sites is 1. The summed E-state index contributed by atoms with van der Waals surface area (Å²) in [6.07, 6.45) is 0. The van der Waals surface area contributed by atoms with Crippen LogP contribution in [0.5, 0.6) is 0 Å². The van der Waals surface area contributed by atoms with Gasteiger partial charge in [0.1, 0.15) is 6.04 Å². The Labute approximate surface area is 132 Å². The highest BCUT2D eigenvalue weighted by Crippen LogP contribution is 2.19. The average molecular weight is 297 g/mol. The van der Waals surface area contributed by atoms with Crippen molar-refractivity contribution in [2.24, 2.45) is 0 Å². The minimum atomic E-state index is -0.144. The van der Waals surface area contributed by atoms with E-state index in [2.05, 4.69) is 29.7 Å². The van der Waals surface area contributed by atoms with Crippen LogP contribution in [0.4, 0.5) is 5.69 Å². The number of hydrogen-bond acceptors (Lipinski definition) is 1. The molecular weight excluding hydrogens is 272 g/mol. The van der Waals surface area contributed by atoms with Crippen molar-refractivity contribution in [1.29, 1.82) is 0 Å². The van der Waals surface area contributed by atoms with Crippen molar-refractivity contribution in [2.45, 2.75) is 39.8 Å². The molecule has 0 radical (unpaired) electrons. The maximum atomic E-state index is 12.4. The zero-order valence-corrected chi connectivity index (χ0v) is 13.8. The summed E-state index contributed by atoms with van der Waals surface area (Å²) in [6, 6.07) is 16.4. The van der Waals surface area contributed by atoms with Gasteiger partial charge in [-0.15, -0.1) is 0 Å². The van der Waals surface area contributed by atoms with Crippen LogP contribution in [0.15, 0.2) is 48.5 Å². The summed E-state index contributed by atoms with van der Waals surface area (Å²) in [5.74, 6) is 0.0418. The highest BCUT2D eigenvalue weighted by Gasteiger charge is 2.21. The van der Waals surface area contributed by atoms with E-state index in [-0.39, 0.29) is 18.0 Å². The molecule has 22 heavy (non-hydrogen) atoms. The number of aryl methyl sites for hydroxylation is 2. The van der Waals surface area contributed by atoms with Gasteiger partial charge < -0.3 is 10.6 Å². The highest BCUT2D eigenvalue weighted by atomic mass is 16.2. The molecule has 2 rings (SSSR count). The van der Waals surface area contributed by atoms with Crippen LogP contribution in [0, 0.1) is 13.8 Å². The predicted molar refractivity (Wildman–Crippen MR) is 90.8 cm³/mol. The van der Waals surface area contributed by atoms with Gasteiger partial charge in [-0.2, -0.15) is 0 Å². The number of rotatable bonds is 5. The Morgan fingerprint density at radius 2 is 1.55 bits per heavy atom. The lowest BCUT2D eigenvalue weighted by Gasteiger charge is -2.18. The van der Waals surface area contributed by atoms with Gasteiger partial charge in [-0.3, -0.25) is 4.79 Å². The summed E-state index contributed by atoms with van der Waals surface area (Å²) >= 11 is 0. The van der Waals surface area contributed by atoms with E-state index in [1.807, 2.05) is 57.2 Å². The number of carbonyl (C=O) groups is 1. The van der Waals surface area contributed by atoms with Crippen molar-refractivity contribution in [1.82, 2.24) is 0 Å². The second kappa shape index (κ2) is 7.23. The summed E-state index contributed by atoms with van der Waals surface area (Å²) in [5.41, 5.74) is 4.35. The number of quaternary nitrogens is 1. The molecule has 0 bridgehead atoms. The number of nitrogens with two attached hydrogens (primary N) is 1. The van der Waals surface area contributed by atoms with Crippen molar-refractivity contribution in [3.8, 4) is 0 Å². The molecule has 0 aliphatic heterocycles. The number of nitrogens with one attached hydrogen (secondary N) is 1. The van der Waals surface area contributed by atoms with Gasteiger partial charge in [-0.25, -0.2) is 0 Å². The monoisotopic (exact) mass is 297 g/mol. The number of benzene rings is 2. The summed E-state index contributed by atoms with van der Waals surface area (Å²) in [4.78, 5) is 12.4. The van der Waals surface area contributed by atoms with Gasteiger partial charge in [0.25, 0.3) is 5.91 Å². The summed E-state index contributed by atoms with van der Waals surface area (Å²) in [6.45, 7) is 8.10. The van der Waals surface area contributed by atoms with Crippen molar-refractivity contribution >= 4 is 11.6 Å². The first-order valence-electron chi connectivity index (χ1n) is 7.76. The molecule has 2 aromatic carbocycles. The predicted octanol–water partition coefficient (Wildman–Crippen LogP) is 2.96. The minimum Gasteiger partial charge on any atom is -0.330 e. The number of anilines is 1. The topological polar surface area (TPSA) is 45.7 Å². The zero-order valence-electron chi connectivity index (χ0n) is 13.8. The average Bonchev–Trinajstić information content (AvgIpc) is 2.51. The van der Waals surface area contributed by atoms with Crippen molar-refractivity contribution in [2.75, 3.05) is 5.32 Å². The molecule has 0 saturated carbocycles. The van der Waals surface area contributed by atoms with Crippen LogP contribution in [0.3, 0.4) is 0 Å². The first-order valence-corrected chi connectivity index (χ1v) is 7.76. The summed E-state index contributed by atoms with van der Waals surface area (Å²) < 4.78 is 0. The van der Waals surface area contributed by atoms with Crippen LogP contribution in [0.1, 0.15) is 36.6 Å². The smallest absolute Gasteiger partial charge is 0.282 e. The number of hydrogen-bond donors (Lipinski definition) is 2. The third-order valence-electron chi connectivity index (χ3n) is 4.05. The Morgan fingerprint density at radius 3 is 2.14 bits per heavy atom. The molecule has 3 heteroatoms. The van der Waals surface area contributed by atoms with E-state index in [0.29, 0.717) is 0 Å². The van der Waals surface area contributed by atoms with Gasteiger partial charge in [0.05, 0.1) is 0 Å². The van der Waals surface area contributed by atoms with Crippen LogP contribution >= 0.6 is 0 Å². The molecule has 0 spiro atoms. The molecule has 0 heterocycles. The van der Waals surface area contributed by atoms with Crippen LogP contribution in [0.2, 0.25) is 0 Å². The summed E-state index contributed by atoms with van der Waals surface area (Å²) in [5, 5.41) is 5.16. The molecule has 3 nitrogen and oxygen atoms in total. The molecule has 0 aliphatic carbocycles. The van der Waals surface area contributed by atoms with Crippen molar-refractivity contribution in [3.63, 3.8) is 0 Å². The Balaban J connectivity index is 2.01. The third-order valence-corrected chi connectivity index (χ3v) is 4.05. The fourth-order valence-corrected chi connectivity index (χ4v) is 2.64. The standard InChI is InChI=1S/C19H24N2O/c1-13-9-8-10-14(2)18(13)21-19(22)16(4)20-15(3)17-11-6-5-7-12-17/h5-12,15-16,20H,1-4H3,(H,21,22)/p+1/t15-,16-/m0/s1. The SMILES string of the molecule is Cc1cccc(C)c1NC(=O)[C@H](C)[NH2+][C@@H](C)c1ccccc1. The first-order chi connectivity index (χ1) is 10.5. The van der Waals surface area contributed by atoms with Crippen molar-refractivity contribution < 1.29 is 10.1 Å². The second-order valence-electron chi connectivity index (χ2n) is 5.94. The molecule has 2 atom stereocenters. The molecule has 0 aromatic heterocycles. The molecule has 1 amide bonds. The lowest BCUT2D eigenvalue weighted by Crippen LogP contribution is -2.91. The molecule has 0 fully saturated rings. The van der Waals surface area contributed by atoms with E-state index in [1.165, 1.54) is 5.56 Å². The van der Waals surface area contributed by atoms with E-state index < -0.39 is 0 Å². The quantitative estimate of drug-likeness (QED) is 0.875. The largest absolute Gasteiger partial charge is 0.330 e. The van der Waals surface area contributed by atoms with E-state index in [1.54, 1.807) is 0 Å². The van der Waals surface area contributed by atoms with Gasteiger partial charge in [-0.1, -0.05) is 48.5 Å². The van der Waals surface area contributed by atoms with Gasteiger partial charge in [0.15, 0.2) is 6.04 Å². The Morgan fingerprint density at radius 1 is 0.955 bits per heavy atom. The summed E-state index contributed by atoms with van der Waals surface area (Å²) in [7, 11) is 0. The maximum absolute atomic E-state index is 12.4. The van der Waals surface area contributed by atoms with Gasteiger partial charge in [0.2, 0.25) is 0 Å². The zero-order chi connectivity index (χ0) is 16.1. The lowest BCUT2D eigenvalue weighted by atomic mass is 10.1. The molecule has 116 valence electrons. The molecule has 2 aromatic rings. The van der Waals surface area contributed by atoms with Crippen LogP contribution in [-0.2, 0) is 4.79 Å². The Hall–Kier alpha value is -2.13. The Bertz CT molecular complexity index is 617. The van der Waals surface area contributed by atoms with Crippen LogP contribution in [0.25, 0.3) is 0 Å². The van der Waals surface area contributed by atoms with E-state index in [0.717, 1.165) is 16.8 Å². The van der Waals surface area contributed by atoms with E-state index >= 15 is 0 Å². The van der Waals surface area contributed by atoms with Crippen LogP contribution < -0.4 is 10.6 Å². The number of carbonyl (C=O) groups excluding carboxylic acids is 1. The van der Waals surface area contributed by atoms with E-state index in [4.69, 9.17) is 0 Å². The molecule has 0 unspecified atom stereocenters. The van der Waals surface area contributed by atoms with Gasteiger partial charge >= 0.3 is 0 Å². The van der Waals surface area contributed by atoms with Gasteiger partial charge in [0, 0.05) is 11.3 Å². The van der Waals surface area contributed by atoms with Gasteiger partial charge in [-0.05, 0) is 38.8 Å². The minimum absolute atomic E-state index is 0.0418. The lowest BCUT2D eigenvalue weighted by molar-refractivity contribution is -0.709. The fourth-order valence-electron chi connectivity index (χ4n) is 2.64. The fraction of sp³-hybridized carbons (Fsp3) is 0.316.